The minimum absolute atomic E-state index is 0.772. The summed E-state index contributed by atoms with van der Waals surface area (Å²) in [5.74, 6) is -3.24. The summed E-state index contributed by atoms with van der Waals surface area (Å²) in [5.41, 5.74) is 0. The molecule has 0 radical (unpaired) electrons. The molecule has 0 bridgehead atoms. The summed E-state index contributed by atoms with van der Waals surface area (Å²) in [6.45, 7) is 0. The van der Waals surface area contributed by atoms with Crippen molar-refractivity contribution in [3.63, 3.8) is 0 Å². The van der Waals surface area contributed by atoms with Crippen molar-refractivity contribution in [2.75, 3.05) is 0 Å². The number of aliphatic hydroxyl groups is 1. The maximum Gasteiger partial charge on any atom is 0.344 e. The van der Waals surface area contributed by atoms with Crippen molar-refractivity contribution in [3.05, 3.63) is 0 Å². The Hall–Kier alpha value is -0.470. The molecule has 0 saturated carbocycles. The van der Waals surface area contributed by atoms with E-state index in [1.54, 1.807) is 0 Å². The molecule has 0 aliphatic carbocycles. The average molecular weight is 122 g/mol. The number of aliphatic hydroxyl groups excluding tert-OH is 1. The Balaban J connectivity index is 3.55. The van der Waals surface area contributed by atoms with Crippen LogP contribution >= 0.6 is 8.46 Å². The van der Waals surface area contributed by atoms with E-state index in [9.17, 15) is 9.36 Å². The van der Waals surface area contributed by atoms with Crippen molar-refractivity contribution in [1.82, 2.24) is 0 Å². The Morgan fingerprint density at radius 1 is 1.71 bits per heavy atom. The number of carboxylic acids is 1. The largest absolute Gasteiger partial charge is 0.479 e. The smallest absolute Gasteiger partial charge is 0.344 e. The minimum Gasteiger partial charge on any atom is -0.479 e. The van der Waals surface area contributed by atoms with Gasteiger partial charge >= 0.3 is 5.97 Å². The summed E-state index contributed by atoms with van der Waals surface area (Å²) in [6.07, 6.45) is 0. The zero-order chi connectivity index (χ0) is 5.86. The fourth-order valence-corrected chi connectivity index (χ4v) is 0.135. The van der Waals surface area contributed by atoms with Crippen LogP contribution in [-0.4, -0.2) is 22.0 Å². The number of rotatable bonds is 2. The Labute approximate surface area is 41.0 Å². The van der Waals surface area contributed by atoms with Gasteiger partial charge in [0.2, 0.25) is 5.85 Å². The number of hydrogen-bond donors (Lipinski definition) is 2. The van der Waals surface area contributed by atoms with Crippen LogP contribution in [0.25, 0.3) is 0 Å². The molecule has 0 amide bonds. The van der Waals surface area contributed by atoms with Gasteiger partial charge in [-0.05, 0) is 0 Å². The lowest BCUT2D eigenvalue weighted by Crippen LogP contribution is -2.10. The molecule has 0 spiro atoms. The number of carbonyl (C=O) groups is 1. The summed E-state index contributed by atoms with van der Waals surface area (Å²) < 4.78 is 9.41. The van der Waals surface area contributed by atoms with E-state index in [4.69, 9.17) is 10.2 Å². The normalized spacial score (nSPS) is 13.9. The number of aliphatic carboxylic acids is 1. The van der Waals surface area contributed by atoms with E-state index in [0.717, 1.165) is 0 Å². The van der Waals surface area contributed by atoms with Crippen LogP contribution in [0.5, 0.6) is 0 Å². The van der Waals surface area contributed by atoms with Gasteiger partial charge in [-0.3, -0.25) is 4.57 Å². The Morgan fingerprint density at radius 2 is 2.14 bits per heavy atom. The van der Waals surface area contributed by atoms with Gasteiger partial charge in [0.15, 0.2) is 8.46 Å². The van der Waals surface area contributed by atoms with Crippen LogP contribution in [0, 0.1) is 0 Å². The maximum atomic E-state index is 9.47. The molecule has 5 heteroatoms. The van der Waals surface area contributed by atoms with Gasteiger partial charge in [0.05, 0.1) is 0 Å². The Morgan fingerprint density at radius 3 is 2.14 bits per heavy atom. The first-order valence-corrected chi connectivity index (χ1v) is 2.30. The fraction of sp³-hybridized carbons (Fsp3) is 0.500. The van der Waals surface area contributed by atoms with Crippen molar-refractivity contribution in [2.45, 2.75) is 5.85 Å². The third-order valence-electron chi connectivity index (χ3n) is 0.321. The molecule has 0 aliphatic rings. The molecule has 0 aromatic carbocycles. The van der Waals surface area contributed by atoms with Gasteiger partial charge in [-0.25, -0.2) is 4.79 Å². The minimum atomic E-state index is -1.76. The van der Waals surface area contributed by atoms with Crippen LogP contribution in [0.4, 0.5) is 0 Å². The highest BCUT2D eigenvalue weighted by Gasteiger charge is 2.10. The summed E-state index contributed by atoms with van der Waals surface area (Å²) in [6, 6.07) is 0. The lowest BCUT2D eigenvalue weighted by molar-refractivity contribution is -0.142. The lowest BCUT2D eigenvalue weighted by Gasteiger charge is -1.86. The van der Waals surface area contributed by atoms with Crippen LogP contribution in [-0.2, 0) is 9.36 Å². The quantitative estimate of drug-likeness (QED) is 0.492. The highest BCUT2D eigenvalue weighted by molar-refractivity contribution is 7.25. The van der Waals surface area contributed by atoms with Crippen molar-refractivity contribution in [2.24, 2.45) is 0 Å². The molecule has 2 N–H and O–H groups in total. The van der Waals surface area contributed by atoms with Gasteiger partial charge in [0, 0.05) is 0 Å². The summed E-state index contributed by atoms with van der Waals surface area (Å²) >= 11 is 0. The molecular weight excluding hydrogens is 119 g/mol. The van der Waals surface area contributed by atoms with E-state index in [2.05, 4.69) is 0 Å². The first kappa shape index (κ1) is 6.53. The molecule has 0 aliphatic heterocycles. The number of carboxylic acid groups (broad SMARTS) is 1. The van der Waals surface area contributed by atoms with E-state index in [0.29, 0.717) is 0 Å². The molecule has 0 heterocycles. The zero-order valence-electron chi connectivity index (χ0n) is 3.24. The first-order chi connectivity index (χ1) is 3.18. The second kappa shape index (κ2) is 2.66. The van der Waals surface area contributed by atoms with Crippen LogP contribution in [0.1, 0.15) is 0 Å². The average Bonchev–Trinajstić information content (AvgIpc) is 1.65. The van der Waals surface area contributed by atoms with Gasteiger partial charge in [-0.1, -0.05) is 0 Å². The predicted molar refractivity (Wildman–Crippen MR) is 21.2 cm³/mol. The van der Waals surface area contributed by atoms with Gasteiger partial charge < -0.3 is 10.2 Å². The molecule has 1 unspecified atom stereocenters. The van der Waals surface area contributed by atoms with Crippen molar-refractivity contribution in [1.29, 1.82) is 0 Å². The van der Waals surface area contributed by atoms with Crippen LogP contribution in [0.2, 0.25) is 0 Å². The van der Waals surface area contributed by atoms with Crippen molar-refractivity contribution >= 4 is 14.4 Å². The van der Waals surface area contributed by atoms with Gasteiger partial charge in [0.1, 0.15) is 0 Å². The highest BCUT2D eigenvalue weighted by Crippen LogP contribution is 1.99. The SMILES string of the molecule is O=PC(O)C(=O)O. The van der Waals surface area contributed by atoms with E-state index < -0.39 is 20.3 Å². The van der Waals surface area contributed by atoms with Gasteiger partial charge in [-0.15, -0.1) is 0 Å². The van der Waals surface area contributed by atoms with E-state index in [1.807, 2.05) is 0 Å². The molecule has 1 atom stereocenters. The fourth-order valence-electron chi connectivity index (χ4n) is 0.0451. The standard InChI is InChI=1S/C2H3O4P/c3-1(4)2(5)7-6/h2,5H,(H,3,4). The van der Waals surface area contributed by atoms with E-state index in [1.165, 1.54) is 0 Å². The Bertz CT molecular complexity index is 89.7. The van der Waals surface area contributed by atoms with Crippen LogP contribution < -0.4 is 0 Å². The maximum absolute atomic E-state index is 9.47. The molecule has 0 fully saturated rings. The van der Waals surface area contributed by atoms with Crippen LogP contribution in [0.15, 0.2) is 0 Å². The highest BCUT2D eigenvalue weighted by atomic mass is 31.1. The summed E-state index contributed by atoms with van der Waals surface area (Å²) in [5, 5.41) is 15.7. The molecular formula is C2H3O4P. The molecule has 0 rings (SSSR count). The van der Waals surface area contributed by atoms with Crippen molar-refractivity contribution in [3.8, 4) is 0 Å². The first-order valence-electron chi connectivity index (χ1n) is 1.42. The molecule has 0 aromatic rings. The third-order valence-corrected chi connectivity index (χ3v) is 0.741. The van der Waals surface area contributed by atoms with Crippen LogP contribution in [0.3, 0.4) is 0 Å². The third kappa shape index (κ3) is 2.25. The molecule has 40 valence electrons. The summed E-state index contributed by atoms with van der Waals surface area (Å²) in [7, 11) is -0.772. The monoisotopic (exact) mass is 122 g/mol. The van der Waals surface area contributed by atoms with E-state index >= 15 is 0 Å². The number of hydrogen-bond acceptors (Lipinski definition) is 3. The molecule has 4 nitrogen and oxygen atoms in total. The topological polar surface area (TPSA) is 74.6 Å². The molecule has 7 heavy (non-hydrogen) atoms. The van der Waals surface area contributed by atoms with E-state index in [-0.39, 0.29) is 0 Å². The van der Waals surface area contributed by atoms with Crippen molar-refractivity contribution < 1.29 is 19.6 Å². The second-order valence-electron chi connectivity index (χ2n) is 0.817. The molecule has 0 saturated heterocycles. The Kier molecular flexibility index (Phi) is 2.48. The lowest BCUT2D eigenvalue weighted by atomic mass is 10.7. The summed E-state index contributed by atoms with van der Waals surface area (Å²) in [4.78, 5) is 9.47. The zero-order valence-corrected chi connectivity index (χ0v) is 4.13. The second-order valence-corrected chi connectivity index (χ2v) is 1.52. The van der Waals surface area contributed by atoms with Gasteiger partial charge in [-0.2, -0.15) is 0 Å². The van der Waals surface area contributed by atoms with Gasteiger partial charge in [0.25, 0.3) is 0 Å². The molecule has 0 aromatic heterocycles. The predicted octanol–water partition coefficient (Wildman–Crippen LogP) is -0.319.